The van der Waals surface area contributed by atoms with E-state index in [1.165, 1.54) is 12.0 Å². The summed E-state index contributed by atoms with van der Waals surface area (Å²) < 4.78 is 29.8. The van der Waals surface area contributed by atoms with Gasteiger partial charge in [-0.2, -0.15) is 0 Å². The van der Waals surface area contributed by atoms with Crippen LogP contribution in [-0.4, -0.2) is 84.5 Å². The number of hydrogen-bond acceptors (Lipinski definition) is 7. The standard InChI is InChI=1S/C31H61NO7Si/c1-15-26(39-40(13,14)31(6,7)8)20-28(36-11)22(2)16-17-27(38-30(34)25(5)35-10)24(4)29(37-12)23(3)18-19-32(9)21-33/h18-19,21-29H,15-17,20H2,1-14H3. The van der Waals surface area contributed by atoms with Gasteiger partial charge in [0.2, 0.25) is 6.41 Å². The molecule has 0 heterocycles. The minimum atomic E-state index is -1.90. The molecule has 1 amide bonds. The summed E-state index contributed by atoms with van der Waals surface area (Å²) >= 11 is 0. The SMILES string of the molecule is CCC(CC(OC)C(C)CCC(OC(=O)C(C)OC)C(C)C(OC)C(C)C=CN(C)C=O)O[Si](C)(C)C(C)(C)C. The number of carbonyl (C=O) groups excluding carboxylic acids is 2. The summed E-state index contributed by atoms with van der Waals surface area (Å²) in [6.07, 6.45) is 6.56. The lowest BCUT2D eigenvalue weighted by atomic mass is 9.84. The van der Waals surface area contributed by atoms with Gasteiger partial charge >= 0.3 is 5.97 Å². The number of rotatable bonds is 20. The van der Waals surface area contributed by atoms with Crippen LogP contribution in [0.2, 0.25) is 18.1 Å². The smallest absolute Gasteiger partial charge is 0.335 e. The average Bonchev–Trinajstić information content (AvgIpc) is 2.90. The molecule has 0 aromatic carbocycles. The van der Waals surface area contributed by atoms with Gasteiger partial charge in [-0.25, -0.2) is 4.79 Å². The quantitative estimate of drug-likeness (QED) is 0.0920. The Kier molecular flexibility index (Phi) is 17.7. The third kappa shape index (κ3) is 12.7. The van der Waals surface area contributed by atoms with Crippen molar-refractivity contribution in [2.24, 2.45) is 17.8 Å². The summed E-state index contributed by atoms with van der Waals surface area (Å²) in [6.45, 7) is 21.5. The van der Waals surface area contributed by atoms with Crippen molar-refractivity contribution in [3.05, 3.63) is 12.3 Å². The fourth-order valence-corrected chi connectivity index (χ4v) is 6.08. The number of esters is 1. The van der Waals surface area contributed by atoms with Crippen LogP contribution < -0.4 is 0 Å². The molecule has 8 nitrogen and oxygen atoms in total. The Morgan fingerprint density at radius 3 is 2.00 bits per heavy atom. The van der Waals surface area contributed by atoms with Crippen LogP contribution in [-0.2, 0) is 33.0 Å². The summed E-state index contributed by atoms with van der Waals surface area (Å²) in [4.78, 5) is 25.2. The zero-order valence-electron chi connectivity index (χ0n) is 28.0. The van der Waals surface area contributed by atoms with Crippen LogP contribution in [0, 0.1) is 17.8 Å². The van der Waals surface area contributed by atoms with Gasteiger partial charge in [0.05, 0.1) is 12.2 Å². The molecule has 236 valence electrons. The van der Waals surface area contributed by atoms with Crippen LogP contribution in [0.25, 0.3) is 0 Å². The predicted molar refractivity (Wildman–Crippen MR) is 165 cm³/mol. The average molecular weight is 588 g/mol. The van der Waals surface area contributed by atoms with E-state index in [1.807, 2.05) is 13.0 Å². The number of amides is 1. The van der Waals surface area contributed by atoms with Gasteiger partial charge in [-0.05, 0) is 56.7 Å². The van der Waals surface area contributed by atoms with Gasteiger partial charge in [-0.1, -0.05) is 54.5 Å². The maximum absolute atomic E-state index is 12.8. The number of methoxy groups -OCH3 is 3. The molecule has 0 saturated carbocycles. The molecule has 0 aliphatic rings. The van der Waals surface area contributed by atoms with Crippen molar-refractivity contribution in [3.63, 3.8) is 0 Å². The predicted octanol–water partition coefficient (Wildman–Crippen LogP) is 6.44. The Labute approximate surface area is 246 Å². The largest absolute Gasteiger partial charge is 0.460 e. The zero-order chi connectivity index (χ0) is 31.3. The van der Waals surface area contributed by atoms with Gasteiger partial charge in [0.25, 0.3) is 0 Å². The van der Waals surface area contributed by atoms with Crippen molar-refractivity contribution in [1.82, 2.24) is 4.90 Å². The molecule has 0 aliphatic heterocycles. The summed E-state index contributed by atoms with van der Waals surface area (Å²) in [5.74, 6) is -0.263. The molecule has 0 rings (SSSR count). The molecule has 9 heteroatoms. The minimum absolute atomic E-state index is 0.00889. The number of ether oxygens (including phenoxy) is 4. The van der Waals surface area contributed by atoms with Crippen LogP contribution in [0.5, 0.6) is 0 Å². The van der Waals surface area contributed by atoms with E-state index in [4.69, 9.17) is 23.4 Å². The molecule has 0 bridgehead atoms. The first-order chi connectivity index (χ1) is 18.5. The van der Waals surface area contributed by atoms with Crippen molar-refractivity contribution >= 4 is 20.7 Å². The second kappa shape index (κ2) is 18.3. The van der Waals surface area contributed by atoms with E-state index < -0.39 is 14.4 Å². The summed E-state index contributed by atoms with van der Waals surface area (Å²) in [6, 6.07) is 0. The molecule has 8 atom stereocenters. The Balaban J connectivity index is 5.71. The summed E-state index contributed by atoms with van der Waals surface area (Å²) in [5, 5.41) is 0.147. The van der Waals surface area contributed by atoms with Crippen molar-refractivity contribution in [1.29, 1.82) is 0 Å². The number of hydrogen-bond donors (Lipinski definition) is 0. The highest BCUT2D eigenvalue weighted by molar-refractivity contribution is 6.74. The molecule has 0 N–H and O–H groups in total. The third-order valence-electron chi connectivity index (χ3n) is 8.70. The van der Waals surface area contributed by atoms with Gasteiger partial charge in [0.15, 0.2) is 14.4 Å². The van der Waals surface area contributed by atoms with E-state index in [9.17, 15) is 9.59 Å². The highest BCUT2D eigenvalue weighted by atomic mass is 28.4. The van der Waals surface area contributed by atoms with Gasteiger partial charge in [-0.3, -0.25) is 4.79 Å². The second-order valence-corrected chi connectivity index (χ2v) is 17.6. The first kappa shape index (κ1) is 38.7. The van der Waals surface area contributed by atoms with E-state index in [-0.39, 0.29) is 53.2 Å². The molecule has 0 fully saturated rings. The van der Waals surface area contributed by atoms with Gasteiger partial charge < -0.3 is 28.3 Å². The van der Waals surface area contributed by atoms with Crippen molar-refractivity contribution in [3.8, 4) is 0 Å². The van der Waals surface area contributed by atoms with Gasteiger partial charge in [-0.15, -0.1) is 0 Å². The molecule has 0 aromatic heterocycles. The highest BCUT2D eigenvalue weighted by Gasteiger charge is 2.40. The molecule has 0 spiro atoms. The van der Waals surface area contributed by atoms with Crippen LogP contribution >= 0.6 is 0 Å². The number of carbonyl (C=O) groups is 2. The monoisotopic (exact) mass is 587 g/mol. The lowest BCUT2D eigenvalue weighted by Crippen LogP contribution is -2.45. The molecule has 0 saturated heterocycles. The van der Waals surface area contributed by atoms with Crippen molar-refractivity contribution in [2.75, 3.05) is 28.4 Å². The lowest BCUT2D eigenvalue weighted by molar-refractivity contribution is -0.166. The fraction of sp³-hybridized carbons (Fsp3) is 0.871. The highest BCUT2D eigenvalue weighted by Crippen LogP contribution is 2.38. The molecular weight excluding hydrogens is 526 g/mol. The first-order valence-electron chi connectivity index (χ1n) is 14.8. The maximum atomic E-state index is 12.8. The van der Waals surface area contributed by atoms with Crippen LogP contribution in [0.15, 0.2) is 12.3 Å². The van der Waals surface area contributed by atoms with Gasteiger partial charge in [0.1, 0.15) is 6.10 Å². The first-order valence-corrected chi connectivity index (χ1v) is 17.7. The Bertz CT molecular complexity index is 754. The molecule has 40 heavy (non-hydrogen) atoms. The topological polar surface area (TPSA) is 83.5 Å². The second-order valence-electron chi connectivity index (χ2n) is 12.9. The third-order valence-corrected chi connectivity index (χ3v) is 13.2. The van der Waals surface area contributed by atoms with Crippen LogP contribution in [0.1, 0.15) is 81.1 Å². The van der Waals surface area contributed by atoms with Crippen molar-refractivity contribution in [2.45, 2.75) is 130 Å². The zero-order valence-corrected chi connectivity index (χ0v) is 29.0. The normalized spacial score (nSPS) is 18.9. The fourth-order valence-electron chi connectivity index (χ4n) is 4.63. The Morgan fingerprint density at radius 2 is 1.55 bits per heavy atom. The van der Waals surface area contributed by atoms with E-state index >= 15 is 0 Å². The summed E-state index contributed by atoms with van der Waals surface area (Å²) in [5.41, 5.74) is 0. The summed E-state index contributed by atoms with van der Waals surface area (Å²) in [7, 11) is 4.73. The van der Waals surface area contributed by atoms with E-state index in [1.54, 1.807) is 34.4 Å². The molecule has 8 unspecified atom stereocenters. The number of nitrogens with zero attached hydrogens (tertiary/aromatic N) is 1. The van der Waals surface area contributed by atoms with E-state index in [0.717, 1.165) is 25.7 Å². The van der Waals surface area contributed by atoms with Gasteiger partial charge in [0, 0.05) is 52.5 Å². The molecule has 0 aliphatic carbocycles. The van der Waals surface area contributed by atoms with Crippen molar-refractivity contribution < 1.29 is 33.0 Å². The Hall–Kier alpha value is -1.26. The maximum Gasteiger partial charge on any atom is 0.335 e. The minimum Gasteiger partial charge on any atom is -0.460 e. The Morgan fingerprint density at radius 1 is 0.950 bits per heavy atom. The van der Waals surface area contributed by atoms with Crippen LogP contribution in [0.4, 0.5) is 0 Å². The molecular formula is C31H61NO7Si. The van der Waals surface area contributed by atoms with E-state index in [2.05, 4.69) is 54.6 Å². The van der Waals surface area contributed by atoms with E-state index in [0.29, 0.717) is 6.42 Å². The van der Waals surface area contributed by atoms with Crippen LogP contribution in [0.3, 0.4) is 0 Å². The molecule has 0 radical (unpaired) electrons. The lowest BCUT2D eigenvalue weighted by Gasteiger charge is -2.40. The molecule has 0 aromatic rings.